The molecule has 1 aliphatic carbocycles. The van der Waals surface area contributed by atoms with Crippen LogP contribution in [0, 0.1) is 5.92 Å². The van der Waals surface area contributed by atoms with Crippen LogP contribution in [0.5, 0.6) is 0 Å². The quantitative estimate of drug-likeness (QED) is 0.837. The van der Waals surface area contributed by atoms with Crippen molar-refractivity contribution in [3.05, 3.63) is 24.2 Å². The normalized spacial score (nSPS) is 19.3. The van der Waals surface area contributed by atoms with Gasteiger partial charge in [-0.1, -0.05) is 5.16 Å². The standard InChI is InChI=1S/C20H25N5O4/c1-20(2,3)28-19(27)25-10-4-5-14(25)16-23-18(29-24-16)13-8-9-21-15(11-13)22-17(26)12-6-7-12/h8-9,11-12,14H,4-7,10H2,1-3H3,(H,21,22,26). The number of likely N-dealkylation sites (tertiary alicyclic amines) is 1. The fourth-order valence-corrected chi connectivity index (χ4v) is 3.27. The van der Waals surface area contributed by atoms with E-state index in [1.54, 1.807) is 23.2 Å². The monoisotopic (exact) mass is 399 g/mol. The Balaban J connectivity index is 1.49. The van der Waals surface area contributed by atoms with E-state index in [0.717, 1.165) is 25.7 Å². The van der Waals surface area contributed by atoms with Crippen LogP contribution < -0.4 is 5.32 Å². The molecule has 1 aliphatic heterocycles. The summed E-state index contributed by atoms with van der Waals surface area (Å²) < 4.78 is 10.9. The van der Waals surface area contributed by atoms with Gasteiger partial charge in [0.05, 0.1) is 6.04 Å². The number of anilines is 1. The lowest BCUT2D eigenvalue weighted by Crippen LogP contribution is -2.36. The topological polar surface area (TPSA) is 110 Å². The second-order valence-corrected chi connectivity index (χ2v) is 8.48. The van der Waals surface area contributed by atoms with Gasteiger partial charge in [0.1, 0.15) is 11.4 Å². The summed E-state index contributed by atoms with van der Waals surface area (Å²) >= 11 is 0. The van der Waals surface area contributed by atoms with Crippen molar-refractivity contribution in [2.75, 3.05) is 11.9 Å². The maximum absolute atomic E-state index is 12.5. The van der Waals surface area contributed by atoms with E-state index in [2.05, 4.69) is 20.4 Å². The van der Waals surface area contributed by atoms with Gasteiger partial charge in [-0.05, 0) is 58.6 Å². The highest BCUT2D eigenvalue weighted by atomic mass is 16.6. The van der Waals surface area contributed by atoms with Gasteiger partial charge < -0.3 is 14.6 Å². The minimum absolute atomic E-state index is 0.0140. The Morgan fingerprint density at radius 1 is 1.28 bits per heavy atom. The molecule has 0 spiro atoms. The molecule has 2 aliphatic rings. The number of hydrogen-bond acceptors (Lipinski definition) is 7. The van der Waals surface area contributed by atoms with Crippen LogP contribution in [-0.2, 0) is 9.53 Å². The molecular formula is C20H25N5O4. The molecule has 3 heterocycles. The number of aromatic nitrogens is 3. The van der Waals surface area contributed by atoms with Crippen LogP contribution in [0.2, 0.25) is 0 Å². The molecule has 0 radical (unpaired) electrons. The molecule has 0 bridgehead atoms. The number of carbonyl (C=O) groups excluding carboxylic acids is 2. The van der Waals surface area contributed by atoms with E-state index in [1.807, 2.05) is 20.8 Å². The molecule has 1 saturated carbocycles. The summed E-state index contributed by atoms with van der Waals surface area (Å²) in [7, 11) is 0. The summed E-state index contributed by atoms with van der Waals surface area (Å²) in [5, 5.41) is 6.90. The van der Waals surface area contributed by atoms with Gasteiger partial charge in [0.15, 0.2) is 5.82 Å². The summed E-state index contributed by atoms with van der Waals surface area (Å²) in [6.45, 7) is 6.11. The first-order valence-corrected chi connectivity index (χ1v) is 9.91. The van der Waals surface area contributed by atoms with Crippen molar-refractivity contribution in [1.29, 1.82) is 0 Å². The van der Waals surface area contributed by atoms with Crippen molar-refractivity contribution in [1.82, 2.24) is 20.0 Å². The Hall–Kier alpha value is -2.97. The molecular weight excluding hydrogens is 374 g/mol. The minimum atomic E-state index is -0.565. The minimum Gasteiger partial charge on any atom is -0.444 e. The number of nitrogens with zero attached hydrogens (tertiary/aromatic N) is 4. The number of ether oxygens (including phenoxy) is 1. The van der Waals surface area contributed by atoms with Crippen LogP contribution in [0.4, 0.5) is 10.6 Å². The largest absolute Gasteiger partial charge is 0.444 e. The molecule has 154 valence electrons. The molecule has 2 amide bonds. The summed E-state index contributed by atoms with van der Waals surface area (Å²) in [4.78, 5) is 34.8. The van der Waals surface area contributed by atoms with Crippen LogP contribution in [0.25, 0.3) is 11.5 Å². The summed E-state index contributed by atoms with van der Waals surface area (Å²) in [6.07, 6.45) is 4.66. The van der Waals surface area contributed by atoms with E-state index in [-0.39, 0.29) is 24.0 Å². The molecule has 2 fully saturated rings. The highest BCUT2D eigenvalue weighted by Gasteiger charge is 2.36. The first kappa shape index (κ1) is 19.4. The van der Waals surface area contributed by atoms with E-state index in [1.165, 1.54) is 0 Å². The van der Waals surface area contributed by atoms with Crippen molar-refractivity contribution >= 4 is 17.8 Å². The number of hydrogen-bond donors (Lipinski definition) is 1. The highest BCUT2D eigenvalue weighted by molar-refractivity contribution is 5.93. The van der Waals surface area contributed by atoms with Crippen molar-refractivity contribution in [3.63, 3.8) is 0 Å². The van der Waals surface area contributed by atoms with Gasteiger partial charge in [0.25, 0.3) is 5.89 Å². The molecule has 9 nitrogen and oxygen atoms in total. The van der Waals surface area contributed by atoms with Gasteiger partial charge in [0, 0.05) is 24.2 Å². The maximum atomic E-state index is 12.5. The second kappa shape index (κ2) is 7.46. The van der Waals surface area contributed by atoms with Crippen LogP contribution in [0.3, 0.4) is 0 Å². The Kier molecular flexibility index (Phi) is 4.97. The predicted octanol–water partition coefficient (Wildman–Crippen LogP) is 3.55. The van der Waals surface area contributed by atoms with E-state index in [0.29, 0.717) is 29.6 Å². The van der Waals surface area contributed by atoms with Gasteiger partial charge in [-0.15, -0.1) is 0 Å². The molecule has 0 aromatic carbocycles. The molecule has 9 heteroatoms. The lowest BCUT2D eigenvalue weighted by atomic mass is 10.2. The van der Waals surface area contributed by atoms with Crippen LogP contribution in [0.1, 0.15) is 58.3 Å². The molecule has 1 atom stereocenters. The van der Waals surface area contributed by atoms with Crippen LogP contribution in [0.15, 0.2) is 22.9 Å². The number of amides is 2. The van der Waals surface area contributed by atoms with Crippen molar-refractivity contribution in [2.45, 2.75) is 58.1 Å². The van der Waals surface area contributed by atoms with Gasteiger partial charge in [-0.3, -0.25) is 9.69 Å². The zero-order valence-electron chi connectivity index (χ0n) is 16.8. The van der Waals surface area contributed by atoms with Gasteiger partial charge >= 0.3 is 6.09 Å². The first-order valence-electron chi connectivity index (χ1n) is 9.91. The summed E-state index contributed by atoms with van der Waals surface area (Å²) in [5.41, 5.74) is 0.0944. The lowest BCUT2D eigenvalue weighted by Gasteiger charge is -2.27. The first-order chi connectivity index (χ1) is 13.8. The second-order valence-electron chi connectivity index (χ2n) is 8.48. The lowest BCUT2D eigenvalue weighted by molar-refractivity contribution is -0.117. The van der Waals surface area contributed by atoms with Gasteiger partial charge in [-0.2, -0.15) is 4.98 Å². The Morgan fingerprint density at radius 3 is 2.79 bits per heavy atom. The third-order valence-corrected chi connectivity index (χ3v) is 4.83. The average molecular weight is 399 g/mol. The van der Waals surface area contributed by atoms with E-state index in [9.17, 15) is 9.59 Å². The van der Waals surface area contributed by atoms with Gasteiger partial charge in [0.2, 0.25) is 5.91 Å². The number of nitrogens with one attached hydrogen (secondary N) is 1. The molecule has 1 unspecified atom stereocenters. The predicted molar refractivity (Wildman–Crippen MR) is 104 cm³/mol. The molecule has 1 N–H and O–H groups in total. The molecule has 4 rings (SSSR count). The fourth-order valence-electron chi connectivity index (χ4n) is 3.27. The zero-order chi connectivity index (χ0) is 20.6. The Bertz CT molecular complexity index is 916. The number of pyridine rings is 1. The van der Waals surface area contributed by atoms with Crippen molar-refractivity contribution in [3.8, 4) is 11.5 Å². The molecule has 2 aromatic heterocycles. The Labute approximate surface area is 168 Å². The average Bonchev–Trinajstić information content (AvgIpc) is 3.19. The fraction of sp³-hybridized carbons (Fsp3) is 0.550. The van der Waals surface area contributed by atoms with Crippen molar-refractivity contribution in [2.24, 2.45) is 5.92 Å². The number of carbonyl (C=O) groups is 2. The SMILES string of the molecule is CC(C)(C)OC(=O)N1CCCC1c1noc(-c2ccnc(NC(=O)C3CC3)c2)n1. The van der Waals surface area contributed by atoms with Crippen LogP contribution >= 0.6 is 0 Å². The number of rotatable bonds is 4. The smallest absolute Gasteiger partial charge is 0.410 e. The van der Waals surface area contributed by atoms with Crippen molar-refractivity contribution < 1.29 is 18.8 Å². The summed E-state index contributed by atoms with van der Waals surface area (Å²) in [5.74, 6) is 1.30. The van der Waals surface area contributed by atoms with E-state index in [4.69, 9.17) is 9.26 Å². The van der Waals surface area contributed by atoms with Gasteiger partial charge in [-0.25, -0.2) is 9.78 Å². The zero-order valence-corrected chi connectivity index (χ0v) is 16.8. The third-order valence-electron chi connectivity index (χ3n) is 4.83. The maximum Gasteiger partial charge on any atom is 0.410 e. The molecule has 1 saturated heterocycles. The molecule has 2 aromatic rings. The summed E-state index contributed by atoms with van der Waals surface area (Å²) in [6, 6.07) is 3.17. The van der Waals surface area contributed by atoms with Crippen LogP contribution in [-0.4, -0.2) is 44.2 Å². The Morgan fingerprint density at radius 2 is 2.07 bits per heavy atom. The highest BCUT2D eigenvalue weighted by Crippen LogP contribution is 2.33. The van der Waals surface area contributed by atoms with E-state index >= 15 is 0 Å². The van der Waals surface area contributed by atoms with E-state index < -0.39 is 5.60 Å². The molecule has 29 heavy (non-hydrogen) atoms. The third kappa shape index (κ3) is 4.55.